The molecule has 1 aliphatic heterocycles. The highest BCUT2D eigenvalue weighted by molar-refractivity contribution is 5.95. The van der Waals surface area contributed by atoms with E-state index in [2.05, 4.69) is 38.4 Å². The molecule has 2 atom stereocenters. The normalized spacial score (nSPS) is 22.3. The molecule has 0 radical (unpaired) electrons. The molecule has 6 heteroatoms. The van der Waals surface area contributed by atoms with Crippen LogP contribution in [0.15, 0.2) is 54.7 Å². The maximum absolute atomic E-state index is 13.2. The lowest BCUT2D eigenvalue weighted by molar-refractivity contribution is 0.0930. The van der Waals surface area contributed by atoms with Gasteiger partial charge in [-0.1, -0.05) is 12.1 Å². The highest BCUT2D eigenvalue weighted by Gasteiger charge is 2.53. The molecule has 0 saturated heterocycles. The van der Waals surface area contributed by atoms with Gasteiger partial charge in [0.05, 0.1) is 5.54 Å². The van der Waals surface area contributed by atoms with E-state index in [0.717, 1.165) is 36.5 Å². The van der Waals surface area contributed by atoms with Crippen LogP contribution in [0.25, 0.3) is 0 Å². The van der Waals surface area contributed by atoms with Crippen molar-refractivity contribution in [1.82, 2.24) is 15.3 Å². The predicted octanol–water partition coefficient (Wildman–Crippen LogP) is 4.35. The first kappa shape index (κ1) is 17.6. The minimum atomic E-state index is -0.339. The number of amides is 1. The van der Waals surface area contributed by atoms with Gasteiger partial charge in [0.1, 0.15) is 17.5 Å². The maximum atomic E-state index is 13.2. The molecule has 1 amide bonds. The number of benzene rings is 2. The monoisotopic (exact) mass is 400 g/mol. The van der Waals surface area contributed by atoms with Crippen LogP contribution in [0.4, 0.5) is 15.9 Å². The third kappa shape index (κ3) is 2.70. The summed E-state index contributed by atoms with van der Waals surface area (Å²) in [5.41, 5.74) is 3.87. The second kappa shape index (κ2) is 6.11. The molecule has 2 aliphatic carbocycles. The Hall–Kier alpha value is -3.28. The topological polar surface area (TPSA) is 58.1 Å². The molecular weight excluding hydrogens is 379 g/mol. The maximum Gasteiger partial charge on any atom is 0.251 e. The van der Waals surface area contributed by atoms with Crippen LogP contribution in [-0.4, -0.2) is 21.9 Å². The van der Waals surface area contributed by atoms with Gasteiger partial charge in [-0.3, -0.25) is 4.79 Å². The number of aryl methyl sites for hydroxylation is 1. The molecule has 1 N–H and O–H groups in total. The second-order valence-corrected chi connectivity index (χ2v) is 8.56. The van der Waals surface area contributed by atoms with E-state index in [1.54, 1.807) is 0 Å². The largest absolute Gasteiger partial charge is 0.343 e. The number of fused-ring (bicyclic) bond motifs is 3. The van der Waals surface area contributed by atoms with E-state index in [1.165, 1.54) is 35.5 Å². The molecule has 5 nitrogen and oxygen atoms in total. The molecule has 3 aliphatic rings. The number of rotatable bonds is 4. The molecule has 2 saturated carbocycles. The Bertz CT molecular complexity index is 1170. The van der Waals surface area contributed by atoms with Crippen molar-refractivity contribution < 1.29 is 9.18 Å². The Morgan fingerprint density at radius 1 is 1.17 bits per heavy atom. The van der Waals surface area contributed by atoms with Crippen molar-refractivity contribution in [2.24, 2.45) is 0 Å². The highest BCUT2D eigenvalue weighted by Crippen LogP contribution is 2.59. The van der Waals surface area contributed by atoms with Crippen LogP contribution >= 0.6 is 0 Å². The number of nitrogens with one attached hydrogen (secondary N) is 1. The van der Waals surface area contributed by atoms with E-state index in [-0.39, 0.29) is 17.3 Å². The van der Waals surface area contributed by atoms with Gasteiger partial charge < -0.3 is 10.2 Å². The summed E-state index contributed by atoms with van der Waals surface area (Å²) in [7, 11) is 0. The standard InChI is InChI=1S/C24H21FN4O/c1-14-26-11-8-22(27-14)29-20-7-4-16(12-18(20)19-13-21(19)29)24(9-10-24)28-23(30)15-2-5-17(25)6-3-15/h2-8,11-12,19,21H,9-10,13H2,1H3,(H,28,30)/t19-,21?/m0/s1. The molecule has 30 heavy (non-hydrogen) atoms. The molecule has 2 fully saturated rings. The van der Waals surface area contributed by atoms with Gasteiger partial charge in [0.15, 0.2) is 0 Å². The van der Waals surface area contributed by atoms with Crippen molar-refractivity contribution in [3.8, 4) is 0 Å². The predicted molar refractivity (Wildman–Crippen MR) is 111 cm³/mol. The summed E-state index contributed by atoms with van der Waals surface area (Å²) in [4.78, 5) is 23.9. The molecule has 1 aromatic heterocycles. The number of halogens is 1. The fraction of sp³-hybridized carbons (Fsp3) is 0.292. The van der Waals surface area contributed by atoms with Crippen molar-refractivity contribution in [3.63, 3.8) is 0 Å². The van der Waals surface area contributed by atoms with Crippen LogP contribution in [0.3, 0.4) is 0 Å². The first-order valence-electron chi connectivity index (χ1n) is 10.4. The fourth-order valence-electron chi connectivity index (χ4n) is 4.72. The summed E-state index contributed by atoms with van der Waals surface area (Å²) in [6, 6.07) is 14.7. The van der Waals surface area contributed by atoms with E-state index >= 15 is 0 Å². The Kier molecular flexibility index (Phi) is 3.58. The zero-order valence-electron chi connectivity index (χ0n) is 16.6. The summed E-state index contributed by atoms with van der Waals surface area (Å²) in [5, 5.41) is 3.19. The molecule has 1 unspecified atom stereocenters. The van der Waals surface area contributed by atoms with Crippen LogP contribution in [-0.2, 0) is 5.54 Å². The van der Waals surface area contributed by atoms with E-state index in [1.807, 2.05) is 19.2 Å². The zero-order chi connectivity index (χ0) is 20.5. The third-order valence-corrected chi connectivity index (χ3v) is 6.54. The van der Waals surface area contributed by atoms with Crippen molar-refractivity contribution in [2.45, 2.75) is 43.7 Å². The summed E-state index contributed by atoms with van der Waals surface area (Å²) in [6.45, 7) is 1.91. The number of carbonyl (C=O) groups is 1. The van der Waals surface area contributed by atoms with Gasteiger partial charge in [-0.15, -0.1) is 0 Å². The van der Waals surface area contributed by atoms with Crippen LogP contribution in [0, 0.1) is 12.7 Å². The van der Waals surface area contributed by atoms with Gasteiger partial charge in [0.25, 0.3) is 5.91 Å². The molecule has 2 heterocycles. The van der Waals surface area contributed by atoms with Crippen molar-refractivity contribution in [3.05, 3.63) is 83.1 Å². The van der Waals surface area contributed by atoms with E-state index in [0.29, 0.717) is 17.5 Å². The lowest BCUT2D eigenvalue weighted by Gasteiger charge is -2.23. The van der Waals surface area contributed by atoms with Crippen LogP contribution in [0.1, 0.15) is 52.5 Å². The Labute approximate surface area is 174 Å². The number of hydrogen-bond donors (Lipinski definition) is 1. The molecule has 3 aromatic rings. The lowest BCUT2D eigenvalue weighted by atomic mass is 9.98. The number of aromatic nitrogens is 2. The van der Waals surface area contributed by atoms with E-state index < -0.39 is 0 Å². The first-order chi connectivity index (χ1) is 14.5. The summed E-state index contributed by atoms with van der Waals surface area (Å²) < 4.78 is 13.2. The minimum absolute atomic E-state index is 0.157. The average Bonchev–Trinajstić information content (AvgIpc) is 3.66. The molecular formula is C24H21FN4O. The molecule has 0 spiro atoms. The smallest absolute Gasteiger partial charge is 0.251 e. The quantitative estimate of drug-likeness (QED) is 0.707. The van der Waals surface area contributed by atoms with Crippen LogP contribution in [0.2, 0.25) is 0 Å². The van der Waals surface area contributed by atoms with Gasteiger partial charge in [-0.25, -0.2) is 14.4 Å². The molecule has 150 valence electrons. The molecule has 2 aromatic carbocycles. The van der Waals surface area contributed by atoms with Gasteiger partial charge in [-0.05, 0) is 73.7 Å². The molecule has 0 bridgehead atoms. The fourth-order valence-corrected chi connectivity index (χ4v) is 4.72. The van der Waals surface area contributed by atoms with Crippen molar-refractivity contribution in [1.29, 1.82) is 0 Å². The van der Waals surface area contributed by atoms with Gasteiger partial charge >= 0.3 is 0 Å². The summed E-state index contributed by atoms with van der Waals surface area (Å²) >= 11 is 0. The summed E-state index contributed by atoms with van der Waals surface area (Å²) in [5.74, 6) is 1.75. The Balaban J connectivity index is 1.29. The molecule has 6 rings (SSSR count). The van der Waals surface area contributed by atoms with Crippen molar-refractivity contribution >= 4 is 17.4 Å². The first-order valence-corrected chi connectivity index (χ1v) is 10.4. The van der Waals surface area contributed by atoms with Crippen LogP contribution in [0.5, 0.6) is 0 Å². The average molecular weight is 400 g/mol. The third-order valence-electron chi connectivity index (χ3n) is 6.54. The second-order valence-electron chi connectivity index (χ2n) is 8.56. The lowest BCUT2D eigenvalue weighted by Crippen LogP contribution is -2.34. The van der Waals surface area contributed by atoms with Crippen molar-refractivity contribution in [2.75, 3.05) is 4.90 Å². The van der Waals surface area contributed by atoms with Crippen LogP contribution < -0.4 is 10.2 Å². The van der Waals surface area contributed by atoms with Gasteiger partial charge in [-0.2, -0.15) is 0 Å². The van der Waals surface area contributed by atoms with Gasteiger partial charge in [0.2, 0.25) is 0 Å². The SMILES string of the molecule is Cc1nccc(N2c3ccc(C4(NC(=O)c5ccc(F)cc5)CC4)cc3[C@@H]3CC32)n1. The minimum Gasteiger partial charge on any atom is -0.343 e. The number of carbonyl (C=O) groups excluding carboxylic acids is 1. The number of nitrogens with zero attached hydrogens (tertiary/aromatic N) is 3. The van der Waals surface area contributed by atoms with E-state index in [9.17, 15) is 9.18 Å². The number of hydrogen-bond acceptors (Lipinski definition) is 4. The highest BCUT2D eigenvalue weighted by atomic mass is 19.1. The Morgan fingerprint density at radius 3 is 2.70 bits per heavy atom. The van der Waals surface area contributed by atoms with E-state index in [4.69, 9.17) is 0 Å². The summed E-state index contributed by atoms with van der Waals surface area (Å²) in [6.07, 6.45) is 4.78. The van der Waals surface area contributed by atoms with Gasteiger partial charge in [0, 0.05) is 29.4 Å². The zero-order valence-corrected chi connectivity index (χ0v) is 16.6. The Morgan fingerprint density at radius 2 is 1.97 bits per heavy atom. The number of anilines is 2.